The Morgan fingerprint density at radius 3 is 2.67 bits per heavy atom. The van der Waals surface area contributed by atoms with Gasteiger partial charge >= 0.3 is 5.97 Å². The molecule has 0 unspecified atom stereocenters. The van der Waals surface area contributed by atoms with Gasteiger partial charge in [-0.05, 0) is 38.1 Å². The van der Waals surface area contributed by atoms with Crippen molar-refractivity contribution < 1.29 is 19.4 Å². The Morgan fingerprint density at radius 2 is 2.04 bits per heavy atom. The normalized spacial score (nSPS) is 10.5. The number of amides is 1. The molecule has 6 heteroatoms. The summed E-state index contributed by atoms with van der Waals surface area (Å²) in [6.45, 7) is 3.57. The predicted octanol–water partition coefficient (Wildman–Crippen LogP) is 2.60. The number of aromatic nitrogens is 1. The highest BCUT2D eigenvalue weighted by Crippen LogP contribution is 2.17. The maximum atomic E-state index is 12.5. The van der Waals surface area contributed by atoms with Crippen LogP contribution in [0.5, 0.6) is 5.75 Å². The Kier molecular flexibility index (Phi) is 5.89. The fourth-order valence-corrected chi connectivity index (χ4v) is 2.17. The summed E-state index contributed by atoms with van der Waals surface area (Å²) in [6.07, 6.45) is 3.40. The van der Waals surface area contributed by atoms with Crippen LogP contribution in [0, 0.1) is 0 Å². The smallest absolute Gasteiger partial charge is 0.323 e. The average molecular weight is 328 g/mol. The molecule has 24 heavy (non-hydrogen) atoms. The van der Waals surface area contributed by atoms with Crippen LogP contribution in [0.15, 0.2) is 48.8 Å². The Bertz CT molecular complexity index is 701. The van der Waals surface area contributed by atoms with Crippen LogP contribution in [0.1, 0.15) is 29.8 Å². The van der Waals surface area contributed by atoms with Gasteiger partial charge in [0.05, 0.1) is 0 Å². The SMILES string of the molecule is CC(C)N(CC(=O)O)C(=O)c1cccc(OCc2cccnc2)c1. The van der Waals surface area contributed by atoms with Crippen molar-refractivity contribution in [2.24, 2.45) is 0 Å². The molecule has 0 saturated carbocycles. The maximum absolute atomic E-state index is 12.5. The summed E-state index contributed by atoms with van der Waals surface area (Å²) >= 11 is 0. The molecule has 2 aromatic rings. The second kappa shape index (κ2) is 8.10. The molecule has 0 aliphatic heterocycles. The van der Waals surface area contributed by atoms with Crippen molar-refractivity contribution in [3.05, 3.63) is 59.9 Å². The quantitative estimate of drug-likeness (QED) is 0.845. The van der Waals surface area contributed by atoms with E-state index in [9.17, 15) is 9.59 Å². The number of aliphatic carboxylic acids is 1. The van der Waals surface area contributed by atoms with Crippen LogP contribution in [-0.4, -0.2) is 39.5 Å². The minimum atomic E-state index is -1.04. The van der Waals surface area contributed by atoms with Gasteiger partial charge in [-0.3, -0.25) is 14.6 Å². The third kappa shape index (κ3) is 4.81. The molecule has 0 spiro atoms. The standard InChI is InChI=1S/C18H20N2O4/c1-13(2)20(11-17(21)22)18(23)15-6-3-7-16(9-15)24-12-14-5-4-8-19-10-14/h3-10,13H,11-12H2,1-2H3,(H,21,22). The van der Waals surface area contributed by atoms with E-state index >= 15 is 0 Å². The number of hydrogen-bond acceptors (Lipinski definition) is 4. The van der Waals surface area contributed by atoms with Crippen LogP contribution in [0.25, 0.3) is 0 Å². The number of carboxylic acid groups (broad SMARTS) is 1. The van der Waals surface area contributed by atoms with Crippen LogP contribution in [0.3, 0.4) is 0 Å². The van der Waals surface area contributed by atoms with Gasteiger partial charge < -0.3 is 14.7 Å². The Hall–Kier alpha value is -2.89. The van der Waals surface area contributed by atoms with Crippen LogP contribution in [0.2, 0.25) is 0 Å². The number of nitrogens with zero attached hydrogens (tertiary/aromatic N) is 2. The first-order valence-corrected chi connectivity index (χ1v) is 7.62. The lowest BCUT2D eigenvalue weighted by Crippen LogP contribution is -2.40. The number of benzene rings is 1. The van der Waals surface area contributed by atoms with Crippen molar-refractivity contribution in [2.75, 3.05) is 6.54 Å². The molecular weight excluding hydrogens is 308 g/mol. The van der Waals surface area contributed by atoms with Crippen molar-refractivity contribution in [2.45, 2.75) is 26.5 Å². The van der Waals surface area contributed by atoms with E-state index in [2.05, 4.69) is 4.98 Å². The number of rotatable bonds is 7. The van der Waals surface area contributed by atoms with E-state index in [0.717, 1.165) is 5.56 Å². The molecular formula is C18H20N2O4. The predicted molar refractivity (Wildman–Crippen MR) is 88.8 cm³/mol. The second-order valence-corrected chi connectivity index (χ2v) is 5.60. The zero-order valence-electron chi connectivity index (χ0n) is 13.7. The lowest BCUT2D eigenvalue weighted by Gasteiger charge is -2.25. The van der Waals surface area contributed by atoms with Crippen molar-refractivity contribution in [3.8, 4) is 5.75 Å². The molecule has 126 valence electrons. The molecule has 0 radical (unpaired) electrons. The molecule has 0 aliphatic carbocycles. The summed E-state index contributed by atoms with van der Waals surface area (Å²) in [4.78, 5) is 28.8. The van der Waals surface area contributed by atoms with Crippen molar-refractivity contribution >= 4 is 11.9 Å². The molecule has 2 rings (SSSR count). The first-order chi connectivity index (χ1) is 11.5. The summed E-state index contributed by atoms with van der Waals surface area (Å²) in [5.41, 5.74) is 1.32. The van der Waals surface area contributed by atoms with Crippen molar-refractivity contribution in [3.63, 3.8) is 0 Å². The third-order valence-electron chi connectivity index (χ3n) is 3.40. The summed E-state index contributed by atoms with van der Waals surface area (Å²) in [5.74, 6) is -0.830. The number of hydrogen-bond donors (Lipinski definition) is 1. The molecule has 0 saturated heterocycles. The fourth-order valence-electron chi connectivity index (χ4n) is 2.17. The minimum absolute atomic E-state index is 0.214. The van der Waals surface area contributed by atoms with E-state index in [1.54, 1.807) is 50.5 Å². The highest BCUT2D eigenvalue weighted by Gasteiger charge is 2.21. The Labute approximate surface area is 140 Å². The molecule has 1 amide bonds. The van der Waals surface area contributed by atoms with E-state index in [1.165, 1.54) is 4.90 Å². The van der Waals surface area contributed by atoms with E-state index in [0.29, 0.717) is 17.9 Å². The number of ether oxygens (including phenoxy) is 1. The number of pyridine rings is 1. The summed E-state index contributed by atoms with van der Waals surface area (Å²) in [7, 11) is 0. The molecule has 1 aromatic carbocycles. The number of carbonyl (C=O) groups is 2. The molecule has 6 nitrogen and oxygen atoms in total. The molecule has 0 aliphatic rings. The molecule has 0 atom stereocenters. The Morgan fingerprint density at radius 1 is 1.25 bits per heavy atom. The van der Waals surface area contributed by atoms with Gasteiger partial charge in [0.25, 0.3) is 5.91 Å². The monoisotopic (exact) mass is 328 g/mol. The molecule has 1 N–H and O–H groups in total. The average Bonchev–Trinajstić information content (AvgIpc) is 2.58. The number of carbonyl (C=O) groups excluding carboxylic acids is 1. The van der Waals surface area contributed by atoms with Crippen LogP contribution in [-0.2, 0) is 11.4 Å². The summed E-state index contributed by atoms with van der Waals surface area (Å²) in [6, 6.07) is 10.2. The van der Waals surface area contributed by atoms with Crippen LogP contribution in [0.4, 0.5) is 0 Å². The zero-order chi connectivity index (χ0) is 17.5. The molecule has 0 bridgehead atoms. The van der Waals surface area contributed by atoms with Gasteiger partial charge in [0, 0.05) is 29.6 Å². The van der Waals surface area contributed by atoms with Gasteiger partial charge in [-0.15, -0.1) is 0 Å². The highest BCUT2D eigenvalue weighted by atomic mass is 16.5. The van der Waals surface area contributed by atoms with Crippen LogP contribution < -0.4 is 4.74 Å². The maximum Gasteiger partial charge on any atom is 0.323 e. The first-order valence-electron chi connectivity index (χ1n) is 7.62. The third-order valence-corrected chi connectivity index (χ3v) is 3.40. The van der Waals surface area contributed by atoms with Gasteiger partial charge in [-0.2, -0.15) is 0 Å². The molecule has 0 fully saturated rings. The van der Waals surface area contributed by atoms with Gasteiger partial charge in [0.1, 0.15) is 18.9 Å². The summed E-state index contributed by atoms with van der Waals surface area (Å²) < 4.78 is 5.68. The van der Waals surface area contributed by atoms with Crippen molar-refractivity contribution in [1.29, 1.82) is 0 Å². The van der Waals surface area contributed by atoms with Gasteiger partial charge in [0.15, 0.2) is 0 Å². The zero-order valence-corrected chi connectivity index (χ0v) is 13.7. The molecule has 1 aromatic heterocycles. The largest absolute Gasteiger partial charge is 0.489 e. The molecule has 1 heterocycles. The first kappa shape index (κ1) is 17.5. The lowest BCUT2D eigenvalue weighted by atomic mass is 10.1. The minimum Gasteiger partial charge on any atom is -0.489 e. The van der Waals surface area contributed by atoms with Crippen molar-refractivity contribution in [1.82, 2.24) is 9.88 Å². The van der Waals surface area contributed by atoms with Gasteiger partial charge in [-0.25, -0.2) is 0 Å². The van der Waals surface area contributed by atoms with E-state index < -0.39 is 5.97 Å². The fraction of sp³-hybridized carbons (Fsp3) is 0.278. The second-order valence-electron chi connectivity index (χ2n) is 5.60. The van der Waals surface area contributed by atoms with E-state index in [1.807, 2.05) is 12.1 Å². The van der Waals surface area contributed by atoms with Gasteiger partial charge in [-0.1, -0.05) is 12.1 Å². The topological polar surface area (TPSA) is 79.7 Å². The van der Waals surface area contributed by atoms with E-state index in [4.69, 9.17) is 9.84 Å². The lowest BCUT2D eigenvalue weighted by molar-refractivity contribution is -0.138. The Balaban J connectivity index is 2.10. The van der Waals surface area contributed by atoms with E-state index in [-0.39, 0.29) is 18.5 Å². The number of carboxylic acids is 1. The summed E-state index contributed by atoms with van der Waals surface area (Å²) in [5, 5.41) is 8.97. The van der Waals surface area contributed by atoms with Crippen LogP contribution >= 0.6 is 0 Å². The van der Waals surface area contributed by atoms with Gasteiger partial charge in [0.2, 0.25) is 0 Å². The highest BCUT2D eigenvalue weighted by molar-refractivity contribution is 5.96.